The van der Waals surface area contributed by atoms with Gasteiger partial charge in [0.1, 0.15) is 6.61 Å². The van der Waals surface area contributed by atoms with Gasteiger partial charge in [0.05, 0.1) is 24.8 Å². The monoisotopic (exact) mass is 326 g/mol. The number of aromatic nitrogens is 2. The summed E-state index contributed by atoms with van der Waals surface area (Å²) in [6, 6.07) is 0. The Bertz CT molecular complexity index is 552. The zero-order valence-electron chi connectivity index (χ0n) is 12.7. The maximum Gasteiger partial charge on any atom is 0.404 e. The van der Waals surface area contributed by atoms with Gasteiger partial charge >= 0.3 is 6.09 Å². The summed E-state index contributed by atoms with van der Waals surface area (Å²) in [5, 5.41) is 10.5. The van der Waals surface area contributed by atoms with E-state index in [-0.39, 0.29) is 24.8 Å². The fraction of sp³-hybridized carbons (Fsp3) is 0.500. The lowest BCUT2D eigenvalue weighted by atomic mass is 10.3. The van der Waals surface area contributed by atoms with Gasteiger partial charge in [0, 0.05) is 32.3 Å². The molecule has 0 aliphatic carbocycles. The van der Waals surface area contributed by atoms with Crippen molar-refractivity contribution in [2.45, 2.75) is 12.5 Å². The van der Waals surface area contributed by atoms with E-state index in [2.05, 4.69) is 15.3 Å². The molecule has 1 saturated heterocycles. The second-order valence-corrected chi connectivity index (χ2v) is 5.03. The van der Waals surface area contributed by atoms with Gasteiger partial charge < -0.3 is 24.8 Å². The van der Waals surface area contributed by atoms with E-state index in [4.69, 9.17) is 14.6 Å². The van der Waals surface area contributed by atoms with Gasteiger partial charge in [0.15, 0.2) is 5.75 Å². The molecular weight excluding hydrogens is 307 g/mol. The fourth-order valence-corrected chi connectivity index (χ4v) is 2.14. The van der Waals surface area contributed by atoms with Crippen LogP contribution >= 0.6 is 0 Å². The van der Waals surface area contributed by atoms with Gasteiger partial charge in [-0.15, -0.1) is 0 Å². The molecule has 0 aromatic carbocycles. The molecule has 126 valence electrons. The van der Waals surface area contributed by atoms with Crippen molar-refractivity contribution >= 4 is 12.0 Å². The largest absolute Gasteiger partial charge is 0.486 e. The Morgan fingerprint density at radius 2 is 2.30 bits per heavy atom. The second kappa shape index (κ2) is 8.28. The normalized spacial score (nSPS) is 18.1. The molecule has 1 atom stereocenters. The van der Waals surface area contributed by atoms with Crippen molar-refractivity contribution in [3.05, 3.63) is 24.3 Å². The van der Waals surface area contributed by atoms with E-state index in [9.17, 15) is 9.18 Å². The zero-order valence-corrected chi connectivity index (χ0v) is 12.7. The molecule has 8 nitrogen and oxygen atoms in total. The van der Waals surface area contributed by atoms with Crippen LogP contribution in [-0.2, 0) is 4.74 Å². The predicted molar refractivity (Wildman–Crippen MR) is 80.4 cm³/mol. The number of ether oxygens (including phenoxy) is 2. The Balaban J connectivity index is 1.84. The topological polar surface area (TPSA) is 96.8 Å². The number of nitrogens with zero attached hydrogens (tertiary/aromatic N) is 3. The van der Waals surface area contributed by atoms with Crippen molar-refractivity contribution in [2.24, 2.45) is 0 Å². The third-order valence-electron chi connectivity index (χ3n) is 3.42. The van der Waals surface area contributed by atoms with Crippen LogP contribution in [0.2, 0.25) is 0 Å². The molecule has 1 aromatic rings. The highest BCUT2D eigenvalue weighted by Gasteiger charge is 2.23. The smallest absolute Gasteiger partial charge is 0.404 e. The summed E-state index contributed by atoms with van der Waals surface area (Å²) in [5.41, 5.74) is 0.166. The highest BCUT2D eigenvalue weighted by atomic mass is 19.1. The highest BCUT2D eigenvalue weighted by molar-refractivity contribution is 5.64. The minimum absolute atomic E-state index is 0.0883. The maximum absolute atomic E-state index is 12.6. The molecule has 1 aliphatic heterocycles. The van der Waals surface area contributed by atoms with Crippen LogP contribution in [-0.4, -0.2) is 60.6 Å². The summed E-state index contributed by atoms with van der Waals surface area (Å²) >= 11 is 0. The van der Waals surface area contributed by atoms with E-state index < -0.39 is 6.09 Å². The van der Waals surface area contributed by atoms with E-state index in [1.165, 1.54) is 12.4 Å². The van der Waals surface area contributed by atoms with Gasteiger partial charge in [-0.1, -0.05) is 0 Å². The van der Waals surface area contributed by atoms with Gasteiger partial charge in [-0.3, -0.25) is 0 Å². The Morgan fingerprint density at radius 1 is 1.57 bits per heavy atom. The number of hydrogen-bond donors (Lipinski definition) is 2. The number of carbonyl (C=O) groups is 1. The minimum atomic E-state index is -1.22. The number of amides is 1. The van der Waals surface area contributed by atoms with Crippen LogP contribution in [0.25, 0.3) is 0 Å². The molecule has 1 fully saturated rings. The average Bonchev–Trinajstić information content (AvgIpc) is 3.04. The Hall–Kier alpha value is -2.42. The van der Waals surface area contributed by atoms with E-state index in [0.29, 0.717) is 18.0 Å². The van der Waals surface area contributed by atoms with Crippen LogP contribution in [0.3, 0.4) is 0 Å². The lowest BCUT2D eigenvalue weighted by Gasteiger charge is -2.16. The van der Waals surface area contributed by atoms with Gasteiger partial charge in [-0.2, -0.15) is 0 Å². The van der Waals surface area contributed by atoms with Crippen LogP contribution in [0, 0.1) is 0 Å². The summed E-state index contributed by atoms with van der Waals surface area (Å²) in [6.07, 6.45) is 3.22. The third-order valence-corrected chi connectivity index (χ3v) is 3.42. The number of hydrogen-bond acceptors (Lipinski definition) is 6. The molecule has 0 saturated carbocycles. The Kier molecular flexibility index (Phi) is 6.10. The molecule has 0 spiro atoms. The molecule has 1 amide bonds. The molecule has 2 heterocycles. The van der Waals surface area contributed by atoms with Crippen LogP contribution in [0.1, 0.15) is 6.42 Å². The van der Waals surface area contributed by atoms with Crippen molar-refractivity contribution in [3.8, 4) is 5.75 Å². The molecule has 1 aliphatic rings. The molecule has 0 radical (unpaired) electrons. The first-order chi connectivity index (χ1) is 11.1. The van der Waals surface area contributed by atoms with E-state index >= 15 is 0 Å². The summed E-state index contributed by atoms with van der Waals surface area (Å²) in [4.78, 5) is 20.8. The molecule has 23 heavy (non-hydrogen) atoms. The van der Waals surface area contributed by atoms with E-state index in [1.54, 1.807) is 7.11 Å². The number of halogens is 1. The van der Waals surface area contributed by atoms with Gasteiger partial charge in [-0.25, -0.2) is 19.2 Å². The van der Waals surface area contributed by atoms with Crippen LogP contribution in [0.5, 0.6) is 5.75 Å². The third kappa shape index (κ3) is 5.06. The summed E-state index contributed by atoms with van der Waals surface area (Å²) in [5.74, 6) is 0.969. The molecule has 9 heteroatoms. The van der Waals surface area contributed by atoms with Crippen molar-refractivity contribution in [1.82, 2.24) is 15.3 Å². The summed E-state index contributed by atoms with van der Waals surface area (Å²) < 4.78 is 23.3. The van der Waals surface area contributed by atoms with Crippen molar-refractivity contribution < 1.29 is 23.8 Å². The molecule has 2 rings (SSSR count). The first-order valence-electron chi connectivity index (χ1n) is 7.10. The number of rotatable bonds is 7. The minimum Gasteiger partial charge on any atom is -0.486 e. The van der Waals surface area contributed by atoms with Crippen LogP contribution < -0.4 is 15.0 Å². The summed E-state index contributed by atoms with van der Waals surface area (Å²) in [6.45, 7) is 1.34. The predicted octanol–water partition coefficient (Wildman–Crippen LogP) is 1.20. The highest BCUT2D eigenvalue weighted by Crippen LogP contribution is 2.19. The number of nitrogens with one attached hydrogen (secondary N) is 1. The quantitative estimate of drug-likeness (QED) is 0.777. The fourth-order valence-electron chi connectivity index (χ4n) is 2.14. The molecule has 0 unspecified atom stereocenters. The molecule has 1 aromatic heterocycles. The maximum atomic E-state index is 12.6. The SMILES string of the molecule is CO[C@H]1CCN(c2ncc(OC/C(=C/F)CNC(=O)O)cn2)C1. The van der Waals surface area contributed by atoms with Crippen molar-refractivity contribution in [3.63, 3.8) is 0 Å². The van der Waals surface area contributed by atoms with Gasteiger partial charge in [-0.05, 0) is 6.42 Å². The van der Waals surface area contributed by atoms with E-state index in [0.717, 1.165) is 19.5 Å². The number of anilines is 1. The van der Waals surface area contributed by atoms with Crippen LogP contribution in [0.4, 0.5) is 15.1 Å². The average molecular weight is 326 g/mol. The van der Waals surface area contributed by atoms with E-state index in [1.807, 2.05) is 4.90 Å². The first kappa shape index (κ1) is 16.9. The Morgan fingerprint density at radius 3 is 2.87 bits per heavy atom. The van der Waals surface area contributed by atoms with Gasteiger partial charge in [0.2, 0.25) is 5.95 Å². The summed E-state index contributed by atoms with van der Waals surface area (Å²) in [7, 11) is 1.68. The number of methoxy groups -OCH3 is 1. The van der Waals surface area contributed by atoms with Crippen LogP contribution in [0.15, 0.2) is 24.3 Å². The number of carboxylic acid groups (broad SMARTS) is 1. The zero-order chi connectivity index (χ0) is 16.7. The lowest BCUT2D eigenvalue weighted by Crippen LogP contribution is -2.25. The molecule has 2 N–H and O–H groups in total. The van der Waals surface area contributed by atoms with Gasteiger partial charge in [0.25, 0.3) is 0 Å². The second-order valence-electron chi connectivity index (χ2n) is 5.03. The molecule has 0 bridgehead atoms. The Labute approximate surface area is 132 Å². The van der Waals surface area contributed by atoms with Crippen molar-refractivity contribution in [2.75, 3.05) is 38.3 Å². The molecular formula is C14H19FN4O4. The standard InChI is InChI=1S/C14H19FN4O4/c1-22-11-2-3-19(8-11)13-16-6-12(7-17-13)23-9-10(4-15)5-18-14(20)21/h4,6-7,11,18H,2-3,5,8-9H2,1H3,(H,20,21)/b10-4+/t11-/m0/s1. The van der Waals surface area contributed by atoms with Crippen molar-refractivity contribution in [1.29, 1.82) is 0 Å². The lowest BCUT2D eigenvalue weighted by molar-refractivity contribution is 0.121. The first-order valence-corrected chi connectivity index (χ1v) is 7.10.